The summed E-state index contributed by atoms with van der Waals surface area (Å²) in [6.07, 6.45) is 10.4. The first-order valence-corrected chi connectivity index (χ1v) is 13.7. The topological polar surface area (TPSA) is 77.8 Å². The molecule has 0 saturated heterocycles. The molecule has 3 N–H and O–H groups in total. The Kier molecular flexibility index (Phi) is 6.80. The lowest BCUT2D eigenvalue weighted by molar-refractivity contribution is -0.134. The van der Waals surface area contributed by atoms with Gasteiger partial charge in [-0.2, -0.15) is 0 Å². The summed E-state index contributed by atoms with van der Waals surface area (Å²) in [4.78, 5) is 13.9. The van der Waals surface area contributed by atoms with Gasteiger partial charge in [0.2, 0.25) is 0 Å². The summed E-state index contributed by atoms with van der Waals surface area (Å²) in [6.45, 7) is 13.8. The molecule has 7 atom stereocenters. The van der Waals surface area contributed by atoms with Crippen molar-refractivity contribution in [2.75, 3.05) is 13.2 Å². The van der Waals surface area contributed by atoms with Crippen LogP contribution in [0, 0.1) is 39.4 Å². The van der Waals surface area contributed by atoms with Crippen LogP contribution >= 0.6 is 0 Å². The maximum Gasteiger partial charge on any atom is 0.159 e. The third-order valence-electron chi connectivity index (χ3n) is 11.8. The number of hydrogen-bond donors (Lipinski definition) is 3. The smallest absolute Gasteiger partial charge is 0.159 e. The summed E-state index contributed by atoms with van der Waals surface area (Å²) >= 11 is 0. The lowest BCUT2D eigenvalue weighted by Crippen LogP contribution is -2.57. The lowest BCUT2D eigenvalue weighted by atomic mass is 9.43. The van der Waals surface area contributed by atoms with Gasteiger partial charge in [0, 0.05) is 17.4 Å². The SMILES string of the molecule is CC(CCC=C(CO)CO)C1CCC2(C)C3=C(CCC12C)C1(C)CCC(O)C(C)(C)C1CC3=O. The molecule has 0 bridgehead atoms. The van der Waals surface area contributed by atoms with Crippen LogP contribution in [0.2, 0.25) is 0 Å². The van der Waals surface area contributed by atoms with Gasteiger partial charge in [0.25, 0.3) is 0 Å². The van der Waals surface area contributed by atoms with Crippen LogP contribution < -0.4 is 0 Å². The maximum atomic E-state index is 13.9. The molecule has 0 aromatic heterocycles. The predicted octanol–water partition coefficient (Wildman–Crippen LogP) is 5.60. The minimum atomic E-state index is -0.326. The molecule has 4 heteroatoms. The minimum Gasteiger partial charge on any atom is -0.393 e. The number of aliphatic hydroxyl groups is 3. The van der Waals surface area contributed by atoms with Gasteiger partial charge in [-0.25, -0.2) is 0 Å². The number of Topliss-reactive ketones (excluding diaryl/α,β-unsaturated/α-hetero) is 1. The zero-order valence-electron chi connectivity index (χ0n) is 22.4. The van der Waals surface area contributed by atoms with Crippen molar-refractivity contribution in [1.29, 1.82) is 0 Å². The highest BCUT2D eigenvalue weighted by Crippen LogP contribution is 2.71. The minimum absolute atomic E-state index is 0.0236. The van der Waals surface area contributed by atoms with Crippen LogP contribution in [-0.2, 0) is 4.79 Å². The van der Waals surface area contributed by atoms with Crippen molar-refractivity contribution in [3.63, 3.8) is 0 Å². The molecule has 4 aliphatic rings. The first-order chi connectivity index (χ1) is 15.9. The second-order valence-electron chi connectivity index (χ2n) is 13.5. The standard InChI is InChI=1S/C30H48O4/c1-19(8-7-9-20(17-31)18-32)21-10-15-30(6)26-22(11-14-29(21,30)5)28(4)13-12-25(34)27(2,3)24(28)16-23(26)33/h9,19,21,24-25,31-32,34H,7-8,10-18H2,1-6H3. The van der Waals surface area contributed by atoms with E-state index < -0.39 is 0 Å². The Hall–Kier alpha value is -0.970. The van der Waals surface area contributed by atoms with Crippen LogP contribution in [0.25, 0.3) is 0 Å². The molecule has 0 aromatic carbocycles. The highest BCUT2D eigenvalue weighted by atomic mass is 16.3. The van der Waals surface area contributed by atoms with Crippen molar-refractivity contribution in [2.45, 2.75) is 105 Å². The third-order valence-corrected chi connectivity index (χ3v) is 11.8. The largest absolute Gasteiger partial charge is 0.393 e. The fourth-order valence-corrected chi connectivity index (χ4v) is 9.24. The molecule has 0 radical (unpaired) electrons. The Labute approximate surface area is 206 Å². The van der Waals surface area contributed by atoms with E-state index in [-0.39, 0.29) is 46.9 Å². The van der Waals surface area contributed by atoms with Crippen LogP contribution in [0.5, 0.6) is 0 Å². The molecular weight excluding hydrogens is 424 g/mol. The highest BCUT2D eigenvalue weighted by molar-refractivity contribution is 5.99. The fraction of sp³-hybridized carbons (Fsp3) is 0.833. The number of ketones is 1. The van der Waals surface area contributed by atoms with Gasteiger partial charge in [-0.15, -0.1) is 0 Å². The normalized spacial score (nSPS) is 42.0. The Balaban J connectivity index is 1.65. The summed E-state index contributed by atoms with van der Waals surface area (Å²) in [7, 11) is 0. The molecule has 4 nitrogen and oxygen atoms in total. The number of fused-ring (bicyclic) bond motifs is 4. The van der Waals surface area contributed by atoms with Gasteiger partial charge < -0.3 is 15.3 Å². The van der Waals surface area contributed by atoms with Crippen LogP contribution in [0.15, 0.2) is 22.8 Å². The van der Waals surface area contributed by atoms with E-state index in [0.717, 1.165) is 44.9 Å². The van der Waals surface area contributed by atoms with E-state index in [1.54, 1.807) is 0 Å². The number of carbonyl (C=O) groups is 1. The number of rotatable bonds is 6. The van der Waals surface area contributed by atoms with E-state index in [4.69, 9.17) is 0 Å². The Bertz CT molecular complexity index is 878. The summed E-state index contributed by atoms with van der Waals surface area (Å²) in [5.41, 5.74) is 3.18. The number of carbonyl (C=O) groups excluding carboxylic acids is 1. The van der Waals surface area contributed by atoms with Gasteiger partial charge in [0.05, 0.1) is 19.3 Å². The third kappa shape index (κ3) is 3.61. The Morgan fingerprint density at radius 3 is 2.38 bits per heavy atom. The van der Waals surface area contributed by atoms with Gasteiger partial charge in [-0.1, -0.05) is 53.2 Å². The van der Waals surface area contributed by atoms with Crippen LogP contribution in [0.4, 0.5) is 0 Å². The van der Waals surface area contributed by atoms with Crippen LogP contribution in [0.1, 0.15) is 99.3 Å². The molecule has 0 aliphatic heterocycles. The van der Waals surface area contributed by atoms with E-state index in [0.29, 0.717) is 29.6 Å². The van der Waals surface area contributed by atoms with E-state index in [1.165, 1.54) is 17.6 Å². The van der Waals surface area contributed by atoms with Crippen molar-refractivity contribution in [3.05, 3.63) is 22.8 Å². The lowest BCUT2D eigenvalue weighted by Gasteiger charge is -2.61. The zero-order valence-corrected chi connectivity index (χ0v) is 22.4. The van der Waals surface area contributed by atoms with Crippen molar-refractivity contribution in [2.24, 2.45) is 39.4 Å². The molecule has 2 fully saturated rings. The van der Waals surface area contributed by atoms with Gasteiger partial charge in [-0.05, 0) is 90.9 Å². The van der Waals surface area contributed by atoms with Gasteiger partial charge in [0.15, 0.2) is 5.78 Å². The van der Waals surface area contributed by atoms with Crippen molar-refractivity contribution >= 4 is 5.78 Å². The molecule has 34 heavy (non-hydrogen) atoms. The molecule has 2 saturated carbocycles. The average molecular weight is 473 g/mol. The summed E-state index contributed by atoms with van der Waals surface area (Å²) in [5.74, 6) is 1.70. The van der Waals surface area contributed by atoms with Crippen molar-refractivity contribution < 1.29 is 20.1 Å². The van der Waals surface area contributed by atoms with Crippen LogP contribution in [-0.4, -0.2) is 40.4 Å². The monoisotopic (exact) mass is 472 g/mol. The van der Waals surface area contributed by atoms with Crippen LogP contribution in [0.3, 0.4) is 0 Å². The summed E-state index contributed by atoms with van der Waals surface area (Å²) in [6, 6.07) is 0. The summed E-state index contributed by atoms with van der Waals surface area (Å²) < 4.78 is 0. The molecule has 192 valence electrons. The second-order valence-corrected chi connectivity index (χ2v) is 13.5. The number of hydrogen-bond acceptors (Lipinski definition) is 4. The highest BCUT2D eigenvalue weighted by Gasteiger charge is 2.65. The van der Waals surface area contributed by atoms with Crippen molar-refractivity contribution in [3.8, 4) is 0 Å². The maximum absolute atomic E-state index is 13.9. The van der Waals surface area contributed by atoms with Gasteiger partial charge in [-0.3, -0.25) is 4.79 Å². The first kappa shape index (κ1) is 26.1. The van der Waals surface area contributed by atoms with E-state index >= 15 is 0 Å². The van der Waals surface area contributed by atoms with Crippen molar-refractivity contribution in [1.82, 2.24) is 0 Å². The average Bonchev–Trinajstić information content (AvgIpc) is 3.07. The fourth-order valence-electron chi connectivity index (χ4n) is 9.24. The number of aliphatic hydroxyl groups excluding tert-OH is 3. The molecular formula is C30H48O4. The molecule has 7 unspecified atom stereocenters. The zero-order chi connectivity index (χ0) is 25.1. The number of allylic oxidation sites excluding steroid dienone is 3. The van der Waals surface area contributed by atoms with Gasteiger partial charge >= 0.3 is 0 Å². The van der Waals surface area contributed by atoms with E-state index in [9.17, 15) is 20.1 Å². The Morgan fingerprint density at radius 2 is 1.74 bits per heavy atom. The molecule has 4 rings (SSSR count). The molecule has 0 spiro atoms. The second kappa shape index (κ2) is 8.85. The van der Waals surface area contributed by atoms with E-state index in [2.05, 4.69) is 41.5 Å². The predicted molar refractivity (Wildman–Crippen MR) is 136 cm³/mol. The summed E-state index contributed by atoms with van der Waals surface area (Å²) in [5, 5.41) is 29.5. The molecule has 0 amide bonds. The Morgan fingerprint density at radius 1 is 1.06 bits per heavy atom. The molecule has 0 aromatic rings. The molecule has 4 aliphatic carbocycles. The first-order valence-electron chi connectivity index (χ1n) is 13.7. The molecule has 0 heterocycles. The van der Waals surface area contributed by atoms with Gasteiger partial charge in [0.1, 0.15) is 0 Å². The quantitative estimate of drug-likeness (QED) is 0.440. The van der Waals surface area contributed by atoms with E-state index in [1.807, 2.05) is 6.08 Å².